The molecule has 0 bridgehead atoms. The van der Waals surface area contributed by atoms with Gasteiger partial charge in [-0.15, -0.1) is 0 Å². The standard InChI is InChI=1S/C16H14BrF2NO/c1-10(8-11-2-4-12(17)5-3-11)20-16(21)14-9-13(18)6-7-15(14)19/h2-7,9-10H,8H2,1H3,(H,20,21)/t10-/m1/s1. The Bertz CT molecular complexity index is 643. The van der Waals surface area contributed by atoms with E-state index in [0.29, 0.717) is 6.42 Å². The highest BCUT2D eigenvalue weighted by molar-refractivity contribution is 9.10. The molecule has 0 fully saturated rings. The van der Waals surface area contributed by atoms with Gasteiger partial charge in [0.2, 0.25) is 0 Å². The number of hydrogen-bond donors (Lipinski definition) is 1. The van der Waals surface area contributed by atoms with Crippen molar-refractivity contribution in [3.63, 3.8) is 0 Å². The van der Waals surface area contributed by atoms with E-state index in [-0.39, 0.29) is 11.6 Å². The Labute approximate surface area is 130 Å². The molecule has 2 nitrogen and oxygen atoms in total. The van der Waals surface area contributed by atoms with Crippen LogP contribution in [-0.2, 0) is 6.42 Å². The molecule has 0 heterocycles. The van der Waals surface area contributed by atoms with E-state index in [1.807, 2.05) is 31.2 Å². The molecule has 1 N–H and O–H groups in total. The third-order valence-corrected chi connectivity index (χ3v) is 3.53. The van der Waals surface area contributed by atoms with Crippen LogP contribution in [0.15, 0.2) is 46.9 Å². The van der Waals surface area contributed by atoms with Gasteiger partial charge in [-0.25, -0.2) is 8.78 Å². The molecule has 0 radical (unpaired) electrons. The summed E-state index contributed by atoms with van der Waals surface area (Å²) in [5.74, 6) is -1.98. The average molecular weight is 354 g/mol. The zero-order chi connectivity index (χ0) is 15.4. The van der Waals surface area contributed by atoms with Gasteiger partial charge in [-0.05, 0) is 49.2 Å². The van der Waals surface area contributed by atoms with Crippen LogP contribution in [0.2, 0.25) is 0 Å². The Morgan fingerprint density at radius 2 is 1.86 bits per heavy atom. The maximum absolute atomic E-state index is 13.5. The van der Waals surface area contributed by atoms with Crippen LogP contribution in [0.25, 0.3) is 0 Å². The lowest BCUT2D eigenvalue weighted by Crippen LogP contribution is -2.34. The second-order valence-electron chi connectivity index (χ2n) is 4.83. The highest BCUT2D eigenvalue weighted by Crippen LogP contribution is 2.13. The first-order valence-corrected chi connectivity index (χ1v) is 7.25. The topological polar surface area (TPSA) is 29.1 Å². The Balaban J connectivity index is 2.01. The minimum atomic E-state index is -0.732. The number of benzene rings is 2. The summed E-state index contributed by atoms with van der Waals surface area (Å²) < 4.78 is 27.6. The molecule has 0 aliphatic carbocycles. The maximum atomic E-state index is 13.5. The maximum Gasteiger partial charge on any atom is 0.254 e. The number of hydrogen-bond acceptors (Lipinski definition) is 1. The van der Waals surface area contributed by atoms with Crippen molar-refractivity contribution in [1.29, 1.82) is 0 Å². The quantitative estimate of drug-likeness (QED) is 0.881. The van der Waals surface area contributed by atoms with E-state index in [1.165, 1.54) is 0 Å². The van der Waals surface area contributed by atoms with Gasteiger partial charge >= 0.3 is 0 Å². The molecule has 21 heavy (non-hydrogen) atoms. The number of halogens is 3. The molecule has 2 rings (SSSR count). The van der Waals surface area contributed by atoms with Crippen molar-refractivity contribution in [3.05, 3.63) is 69.7 Å². The summed E-state index contributed by atoms with van der Waals surface area (Å²) in [7, 11) is 0. The van der Waals surface area contributed by atoms with Crippen LogP contribution in [-0.4, -0.2) is 11.9 Å². The number of amides is 1. The number of rotatable bonds is 4. The van der Waals surface area contributed by atoms with E-state index in [9.17, 15) is 13.6 Å². The SMILES string of the molecule is C[C@H](Cc1ccc(Br)cc1)NC(=O)c1cc(F)ccc1F. The number of carbonyl (C=O) groups excluding carboxylic acids is 1. The third kappa shape index (κ3) is 4.36. The van der Waals surface area contributed by atoms with Crippen molar-refractivity contribution < 1.29 is 13.6 Å². The number of nitrogens with one attached hydrogen (secondary N) is 1. The fourth-order valence-corrected chi connectivity index (χ4v) is 2.26. The molecule has 0 saturated heterocycles. The second kappa shape index (κ2) is 6.80. The molecule has 2 aromatic carbocycles. The van der Waals surface area contributed by atoms with Crippen molar-refractivity contribution in [3.8, 4) is 0 Å². The van der Waals surface area contributed by atoms with Gasteiger partial charge in [-0.1, -0.05) is 28.1 Å². The summed E-state index contributed by atoms with van der Waals surface area (Å²) in [6.45, 7) is 1.82. The lowest BCUT2D eigenvalue weighted by Gasteiger charge is -2.14. The van der Waals surface area contributed by atoms with Gasteiger partial charge in [-0.3, -0.25) is 4.79 Å². The molecule has 0 aliphatic rings. The van der Waals surface area contributed by atoms with E-state index < -0.39 is 17.5 Å². The average Bonchev–Trinajstić information content (AvgIpc) is 2.44. The predicted molar refractivity (Wildman–Crippen MR) is 81.1 cm³/mol. The third-order valence-electron chi connectivity index (χ3n) is 3.01. The fourth-order valence-electron chi connectivity index (χ4n) is 2.00. The van der Waals surface area contributed by atoms with Crippen molar-refractivity contribution in [2.75, 3.05) is 0 Å². The van der Waals surface area contributed by atoms with Gasteiger partial charge in [0.25, 0.3) is 5.91 Å². The smallest absolute Gasteiger partial charge is 0.254 e. The minimum Gasteiger partial charge on any atom is -0.349 e. The highest BCUT2D eigenvalue weighted by atomic mass is 79.9. The summed E-state index contributed by atoms with van der Waals surface area (Å²) in [5.41, 5.74) is 0.767. The summed E-state index contributed by atoms with van der Waals surface area (Å²) >= 11 is 3.35. The highest BCUT2D eigenvalue weighted by Gasteiger charge is 2.15. The van der Waals surface area contributed by atoms with E-state index >= 15 is 0 Å². The van der Waals surface area contributed by atoms with Crippen molar-refractivity contribution in [2.24, 2.45) is 0 Å². The normalized spacial score (nSPS) is 12.0. The van der Waals surface area contributed by atoms with E-state index in [1.54, 1.807) is 0 Å². The van der Waals surface area contributed by atoms with Gasteiger partial charge in [0.15, 0.2) is 0 Å². The van der Waals surface area contributed by atoms with Crippen molar-refractivity contribution in [1.82, 2.24) is 5.32 Å². The van der Waals surface area contributed by atoms with E-state index in [2.05, 4.69) is 21.2 Å². The molecule has 0 aromatic heterocycles. The van der Waals surface area contributed by atoms with Crippen LogP contribution < -0.4 is 5.32 Å². The minimum absolute atomic E-state index is 0.193. The van der Waals surface area contributed by atoms with Gasteiger partial charge in [0.05, 0.1) is 5.56 Å². The zero-order valence-electron chi connectivity index (χ0n) is 11.4. The largest absolute Gasteiger partial charge is 0.349 e. The second-order valence-corrected chi connectivity index (χ2v) is 5.74. The predicted octanol–water partition coefficient (Wildman–Crippen LogP) is 4.09. The van der Waals surface area contributed by atoms with Crippen LogP contribution >= 0.6 is 15.9 Å². The Morgan fingerprint density at radius 3 is 2.52 bits per heavy atom. The monoisotopic (exact) mass is 353 g/mol. The Hall–Kier alpha value is -1.75. The van der Waals surface area contributed by atoms with Crippen molar-refractivity contribution >= 4 is 21.8 Å². The molecule has 110 valence electrons. The number of carbonyl (C=O) groups is 1. The van der Waals surface area contributed by atoms with Crippen LogP contribution in [0.3, 0.4) is 0 Å². The van der Waals surface area contributed by atoms with Crippen LogP contribution in [0.1, 0.15) is 22.8 Å². The molecule has 0 saturated carbocycles. The van der Waals surface area contributed by atoms with Crippen LogP contribution in [0, 0.1) is 11.6 Å². The first-order chi connectivity index (χ1) is 9.95. The molecule has 0 unspecified atom stereocenters. The Kier molecular flexibility index (Phi) is 5.07. The lowest BCUT2D eigenvalue weighted by atomic mass is 10.1. The van der Waals surface area contributed by atoms with E-state index in [4.69, 9.17) is 0 Å². The zero-order valence-corrected chi connectivity index (χ0v) is 13.0. The molecule has 5 heteroatoms. The molecular formula is C16H14BrF2NO. The molecule has 0 aliphatic heterocycles. The lowest BCUT2D eigenvalue weighted by molar-refractivity contribution is 0.0935. The molecule has 0 spiro atoms. The Morgan fingerprint density at radius 1 is 1.19 bits per heavy atom. The molecule has 1 atom stereocenters. The van der Waals surface area contributed by atoms with Gasteiger partial charge in [0.1, 0.15) is 11.6 Å². The fraction of sp³-hybridized carbons (Fsp3) is 0.188. The van der Waals surface area contributed by atoms with Crippen molar-refractivity contribution in [2.45, 2.75) is 19.4 Å². The summed E-state index contributed by atoms with van der Waals surface area (Å²) in [6.07, 6.45) is 0.607. The first-order valence-electron chi connectivity index (χ1n) is 6.46. The van der Waals surface area contributed by atoms with Crippen LogP contribution in [0.4, 0.5) is 8.78 Å². The first kappa shape index (κ1) is 15.6. The van der Waals surface area contributed by atoms with Gasteiger partial charge in [0, 0.05) is 10.5 Å². The summed E-state index contributed by atoms with van der Waals surface area (Å²) in [6, 6.07) is 10.3. The molecule has 2 aromatic rings. The van der Waals surface area contributed by atoms with Gasteiger partial charge in [-0.2, -0.15) is 0 Å². The van der Waals surface area contributed by atoms with E-state index in [0.717, 1.165) is 28.2 Å². The molecule has 1 amide bonds. The van der Waals surface area contributed by atoms with Gasteiger partial charge < -0.3 is 5.32 Å². The molecular weight excluding hydrogens is 340 g/mol. The van der Waals surface area contributed by atoms with Crippen LogP contribution in [0.5, 0.6) is 0 Å². The summed E-state index contributed by atoms with van der Waals surface area (Å²) in [5, 5.41) is 2.67. The summed E-state index contributed by atoms with van der Waals surface area (Å²) in [4.78, 5) is 11.9.